The number of aromatic nitrogens is 1. The highest BCUT2D eigenvalue weighted by Gasteiger charge is 2.62. The van der Waals surface area contributed by atoms with Gasteiger partial charge in [0.15, 0.2) is 5.72 Å². The number of anilines is 1. The van der Waals surface area contributed by atoms with E-state index in [2.05, 4.69) is 10.3 Å². The number of nitrogens with one attached hydrogen (secondary N) is 1. The van der Waals surface area contributed by atoms with E-state index in [0.29, 0.717) is 32.5 Å². The molecule has 1 aromatic heterocycles. The van der Waals surface area contributed by atoms with Gasteiger partial charge in [-0.05, 0) is 12.1 Å². The molecule has 0 aliphatic carbocycles. The first kappa shape index (κ1) is 17.2. The average Bonchev–Trinajstić information content (AvgIpc) is 3.26. The van der Waals surface area contributed by atoms with Crippen molar-refractivity contribution in [1.29, 1.82) is 0 Å². The van der Waals surface area contributed by atoms with E-state index < -0.39 is 5.72 Å². The number of amides is 2. The molecule has 9 nitrogen and oxygen atoms in total. The summed E-state index contributed by atoms with van der Waals surface area (Å²) >= 11 is 0. The predicted octanol–water partition coefficient (Wildman–Crippen LogP) is -0.246. The van der Waals surface area contributed by atoms with Crippen molar-refractivity contribution in [3.63, 3.8) is 0 Å². The third kappa shape index (κ3) is 3.02. The summed E-state index contributed by atoms with van der Waals surface area (Å²) in [7, 11) is 0. The third-order valence-corrected chi connectivity index (χ3v) is 4.83. The minimum atomic E-state index is -0.555. The number of nitrogens with zero attached hydrogens (tertiary/aromatic N) is 3. The Balaban J connectivity index is 0.000000569. The fraction of sp³-hybridized carbons (Fsp3) is 0.500. The minimum absolute atomic E-state index is 0.00382. The highest BCUT2D eigenvalue weighted by molar-refractivity contribution is 5.86. The van der Waals surface area contributed by atoms with Crippen LogP contribution in [0.2, 0.25) is 0 Å². The van der Waals surface area contributed by atoms with Crippen LogP contribution in [-0.2, 0) is 19.1 Å². The zero-order valence-corrected chi connectivity index (χ0v) is 13.6. The van der Waals surface area contributed by atoms with Crippen LogP contribution in [0.4, 0.5) is 5.69 Å². The van der Waals surface area contributed by atoms with Gasteiger partial charge in [0, 0.05) is 31.9 Å². The third-order valence-electron chi connectivity index (χ3n) is 4.83. The van der Waals surface area contributed by atoms with Gasteiger partial charge < -0.3 is 25.0 Å². The van der Waals surface area contributed by atoms with Gasteiger partial charge in [-0.2, -0.15) is 0 Å². The van der Waals surface area contributed by atoms with Crippen molar-refractivity contribution in [2.45, 2.75) is 24.6 Å². The van der Waals surface area contributed by atoms with Crippen molar-refractivity contribution < 1.29 is 24.2 Å². The molecule has 0 radical (unpaired) electrons. The van der Waals surface area contributed by atoms with Crippen molar-refractivity contribution in [3.8, 4) is 0 Å². The summed E-state index contributed by atoms with van der Waals surface area (Å²) < 4.78 is 5.88. The molecule has 0 bridgehead atoms. The van der Waals surface area contributed by atoms with E-state index in [0.717, 1.165) is 5.69 Å². The largest absolute Gasteiger partial charge is 0.483 e. The van der Waals surface area contributed by atoms with E-state index >= 15 is 0 Å². The second-order valence-corrected chi connectivity index (χ2v) is 6.00. The smallest absolute Gasteiger partial charge is 0.290 e. The molecule has 1 aromatic rings. The molecule has 3 fully saturated rings. The molecular weight excluding hydrogens is 328 g/mol. The number of carbonyl (C=O) groups excluding carboxylic acids is 2. The Labute approximate surface area is 144 Å². The normalized spacial score (nSPS) is 26.6. The molecule has 134 valence electrons. The van der Waals surface area contributed by atoms with Gasteiger partial charge in [0.25, 0.3) is 6.47 Å². The number of likely N-dealkylation sites (tertiary alicyclic amines) is 1. The van der Waals surface area contributed by atoms with Crippen LogP contribution >= 0.6 is 0 Å². The topological polar surface area (TPSA) is 112 Å². The number of carbonyl (C=O) groups is 3. The minimum Gasteiger partial charge on any atom is -0.483 e. The number of pyridine rings is 1. The first-order valence-electron chi connectivity index (χ1n) is 8.08. The second kappa shape index (κ2) is 7.06. The van der Waals surface area contributed by atoms with Crippen LogP contribution in [0.5, 0.6) is 0 Å². The van der Waals surface area contributed by atoms with Crippen LogP contribution in [0.25, 0.3) is 0 Å². The molecule has 4 rings (SSSR count). The van der Waals surface area contributed by atoms with Gasteiger partial charge in [-0.1, -0.05) is 0 Å². The van der Waals surface area contributed by atoms with Crippen molar-refractivity contribution in [1.82, 2.24) is 14.8 Å². The number of rotatable bonds is 3. The Kier molecular flexibility index (Phi) is 4.84. The molecular formula is C16H20N4O5. The van der Waals surface area contributed by atoms with E-state index in [1.807, 2.05) is 17.0 Å². The van der Waals surface area contributed by atoms with Crippen LogP contribution in [0, 0.1) is 0 Å². The monoisotopic (exact) mass is 348 g/mol. The van der Waals surface area contributed by atoms with Crippen LogP contribution in [0.3, 0.4) is 0 Å². The summed E-state index contributed by atoms with van der Waals surface area (Å²) in [5, 5.41) is 9.97. The van der Waals surface area contributed by atoms with Crippen LogP contribution < -0.4 is 5.32 Å². The van der Waals surface area contributed by atoms with E-state index in [1.54, 1.807) is 17.3 Å². The first-order chi connectivity index (χ1) is 12.1. The van der Waals surface area contributed by atoms with E-state index in [-0.39, 0.29) is 30.9 Å². The molecule has 0 unspecified atom stereocenters. The Morgan fingerprint density at radius 1 is 1.52 bits per heavy atom. The average molecular weight is 348 g/mol. The zero-order valence-electron chi connectivity index (χ0n) is 13.6. The summed E-state index contributed by atoms with van der Waals surface area (Å²) in [4.78, 5) is 40.6. The molecule has 25 heavy (non-hydrogen) atoms. The molecule has 1 spiro atoms. The quantitative estimate of drug-likeness (QED) is 0.725. The Hall–Kier alpha value is -2.68. The molecule has 9 heteroatoms. The molecule has 0 aromatic carbocycles. The molecule has 4 heterocycles. The van der Waals surface area contributed by atoms with Gasteiger partial charge >= 0.3 is 0 Å². The van der Waals surface area contributed by atoms with Gasteiger partial charge in [-0.25, -0.2) is 0 Å². The summed E-state index contributed by atoms with van der Waals surface area (Å²) in [6.07, 6.45) is 4.45. The first-order valence-corrected chi connectivity index (χ1v) is 8.08. The Morgan fingerprint density at radius 2 is 2.32 bits per heavy atom. The maximum Gasteiger partial charge on any atom is 0.290 e. The van der Waals surface area contributed by atoms with Gasteiger partial charge in [-0.15, -0.1) is 0 Å². The number of hydrogen-bond acceptors (Lipinski definition) is 6. The van der Waals surface area contributed by atoms with E-state index in [4.69, 9.17) is 14.6 Å². The van der Waals surface area contributed by atoms with Crippen molar-refractivity contribution >= 4 is 24.0 Å². The zero-order chi connectivity index (χ0) is 17.9. The summed E-state index contributed by atoms with van der Waals surface area (Å²) in [5.74, 6) is 0.0936. The molecule has 3 saturated heterocycles. The predicted molar refractivity (Wildman–Crippen MR) is 86.6 cm³/mol. The number of hydrogen-bond donors (Lipinski definition) is 2. The maximum absolute atomic E-state index is 12.5. The van der Waals surface area contributed by atoms with Gasteiger partial charge in [0.1, 0.15) is 0 Å². The van der Waals surface area contributed by atoms with Crippen molar-refractivity contribution in [2.24, 2.45) is 0 Å². The Bertz CT molecular complexity index is 655. The van der Waals surface area contributed by atoms with Gasteiger partial charge in [-0.3, -0.25) is 19.4 Å². The molecule has 2 N–H and O–H groups in total. The molecule has 0 saturated carbocycles. The summed E-state index contributed by atoms with van der Waals surface area (Å²) in [5.41, 5.74) is 0.257. The fourth-order valence-electron chi connectivity index (χ4n) is 3.84. The highest BCUT2D eigenvalue weighted by atomic mass is 16.5. The van der Waals surface area contributed by atoms with Crippen LogP contribution in [0.15, 0.2) is 24.5 Å². The number of carboxylic acid groups (broad SMARTS) is 1. The summed E-state index contributed by atoms with van der Waals surface area (Å²) in [6.45, 7) is 1.80. The maximum atomic E-state index is 12.5. The van der Waals surface area contributed by atoms with Gasteiger partial charge in [0.05, 0.1) is 31.3 Å². The number of ether oxygens (including phenoxy) is 1. The lowest BCUT2D eigenvalue weighted by Gasteiger charge is -2.31. The van der Waals surface area contributed by atoms with Crippen LogP contribution in [0.1, 0.15) is 12.8 Å². The molecule has 3 aliphatic heterocycles. The second-order valence-electron chi connectivity index (χ2n) is 6.00. The summed E-state index contributed by atoms with van der Waals surface area (Å²) in [6, 6.07) is 3.54. The lowest BCUT2D eigenvalue weighted by atomic mass is 10.1. The lowest BCUT2D eigenvalue weighted by molar-refractivity contribution is -0.139. The fourth-order valence-corrected chi connectivity index (χ4v) is 3.84. The molecule has 2 atom stereocenters. The van der Waals surface area contributed by atoms with Crippen LogP contribution in [-0.4, -0.2) is 76.2 Å². The highest BCUT2D eigenvalue weighted by Crippen LogP contribution is 2.45. The van der Waals surface area contributed by atoms with E-state index in [1.165, 1.54) is 0 Å². The van der Waals surface area contributed by atoms with Gasteiger partial charge in [0.2, 0.25) is 11.8 Å². The van der Waals surface area contributed by atoms with Crippen molar-refractivity contribution in [3.05, 3.63) is 24.5 Å². The SMILES string of the molecule is O=C(CNc1cccnc1)N1CC[C@@]23OCCN2C(=O)C[C@@H]13.O=CO. The molecule has 2 amide bonds. The Morgan fingerprint density at radius 3 is 3.04 bits per heavy atom. The molecule has 3 aliphatic rings. The van der Waals surface area contributed by atoms with E-state index in [9.17, 15) is 9.59 Å². The standard InChI is InChI=1S/C15H18N4O3.CH2O2/c20-13-8-12-15(19(13)6-7-22-15)3-5-18(12)14(21)10-17-11-2-1-4-16-9-11;2-1-3/h1-2,4,9,12,17H,3,5-8,10H2;1H,(H,2,3)/t12-,15+;/m1./s1. The van der Waals surface area contributed by atoms with Crippen molar-refractivity contribution in [2.75, 3.05) is 31.6 Å². The lowest BCUT2D eigenvalue weighted by Crippen LogP contribution is -2.49.